The summed E-state index contributed by atoms with van der Waals surface area (Å²) in [4.78, 5) is 23.4. The van der Waals surface area contributed by atoms with Crippen LogP contribution in [0.3, 0.4) is 0 Å². The summed E-state index contributed by atoms with van der Waals surface area (Å²) in [6, 6.07) is 2.29. The number of carbonyl (C=O) groups excluding carboxylic acids is 2. The second-order valence-electron chi connectivity index (χ2n) is 6.89. The van der Waals surface area contributed by atoms with E-state index in [-0.39, 0.29) is 23.7 Å². The van der Waals surface area contributed by atoms with Crippen LogP contribution in [0, 0.1) is 0 Å². The van der Waals surface area contributed by atoms with Crippen LogP contribution in [-0.2, 0) is 13.3 Å². The van der Waals surface area contributed by atoms with Crippen molar-refractivity contribution in [1.29, 1.82) is 0 Å². The van der Waals surface area contributed by atoms with Gasteiger partial charge < -0.3 is 0 Å². The van der Waals surface area contributed by atoms with E-state index in [1.807, 2.05) is 0 Å². The summed E-state index contributed by atoms with van der Waals surface area (Å²) >= 11 is -5.46. The molecule has 2 amide bonds. The third-order valence-corrected chi connectivity index (χ3v) is 6.29. The number of anilines is 2. The number of nitrogens with one attached hydrogen (secondary N) is 2. The summed E-state index contributed by atoms with van der Waals surface area (Å²) in [6.07, 6.45) is 8.98. The second-order valence-corrected chi connectivity index (χ2v) is 10.2. The Kier molecular flexibility index (Phi) is 10.4. The van der Waals surface area contributed by atoms with Gasteiger partial charge in [0.25, 0.3) is 0 Å². The fraction of sp³-hybridized carbons (Fsp3) is 0.579. The first-order chi connectivity index (χ1) is 13.1. The molecular weight excluding hydrogens is 427 g/mol. The summed E-state index contributed by atoms with van der Waals surface area (Å²) in [5.41, 5.74) is -0.0389. The topological polar surface area (TPSA) is 136 Å². The number of phenolic OH excluding ortho intramolecular Hbond substituents is 1. The molecule has 0 radical (unpaired) electrons. The molecule has 0 unspecified atom stereocenters. The van der Waals surface area contributed by atoms with Gasteiger partial charge in [-0.2, -0.15) is 0 Å². The number of benzene rings is 1. The Morgan fingerprint density at radius 1 is 0.964 bits per heavy atom. The van der Waals surface area contributed by atoms with E-state index in [2.05, 4.69) is 17.6 Å². The van der Waals surface area contributed by atoms with E-state index < -0.39 is 30.2 Å². The Morgan fingerprint density at radius 3 is 2.07 bits per heavy atom. The zero-order valence-electron chi connectivity index (χ0n) is 16.5. The maximum atomic E-state index is 12.1. The predicted octanol–water partition coefficient (Wildman–Crippen LogP) is 2.38. The molecule has 28 heavy (non-hydrogen) atoms. The third kappa shape index (κ3) is 8.95. The molecule has 0 saturated heterocycles. The molecule has 8 nitrogen and oxygen atoms in total. The number of unbranched alkanes of at least 4 members (excludes halogenated alkanes) is 7. The number of amides is 2. The van der Waals surface area contributed by atoms with Crippen LogP contribution < -0.4 is 15.0 Å². The van der Waals surface area contributed by atoms with Crippen molar-refractivity contribution in [2.75, 3.05) is 10.6 Å². The number of aromatic hydroxyl groups is 1. The molecule has 1 rings (SSSR count). The molecule has 9 heteroatoms. The van der Waals surface area contributed by atoms with Crippen molar-refractivity contribution in [1.82, 2.24) is 0 Å². The molecule has 5 N–H and O–H groups in total. The van der Waals surface area contributed by atoms with E-state index in [1.165, 1.54) is 38.7 Å². The van der Waals surface area contributed by atoms with Crippen LogP contribution >= 0.6 is 0 Å². The molecule has 0 saturated carbocycles. The van der Waals surface area contributed by atoms with Crippen molar-refractivity contribution in [3.8, 4) is 5.75 Å². The molecule has 0 bridgehead atoms. The first-order valence-electron chi connectivity index (χ1n) is 9.65. The molecule has 0 aliphatic carbocycles. The standard InChI is InChI=1S/C19H31AsN2O6/c1-3-4-5-6-7-8-9-10-11-18(24)22-17-13-15(21-14(2)23)12-16(19(17)25)20(26,27)28/h12-13,25H,3-11H2,1-2H3,(H,21,23)(H,22,24)(H2,26,27,28). The van der Waals surface area contributed by atoms with Gasteiger partial charge >= 0.3 is 149 Å². The normalized spacial score (nSPS) is 11.3. The number of rotatable bonds is 12. The van der Waals surface area contributed by atoms with Crippen LogP contribution in [0.15, 0.2) is 12.1 Å². The molecule has 0 atom stereocenters. The third-order valence-electron chi connectivity index (χ3n) is 4.26. The molecule has 0 aliphatic rings. The van der Waals surface area contributed by atoms with Gasteiger partial charge in [-0.05, 0) is 0 Å². The maximum absolute atomic E-state index is 12.1. The Morgan fingerprint density at radius 2 is 1.54 bits per heavy atom. The molecule has 0 fully saturated rings. The molecule has 158 valence electrons. The van der Waals surface area contributed by atoms with Gasteiger partial charge in [-0.3, -0.25) is 0 Å². The number of carbonyl (C=O) groups is 2. The Bertz CT molecular complexity index is 717. The van der Waals surface area contributed by atoms with Gasteiger partial charge in [0, 0.05) is 0 Å². The van der Waals surface area contributed by atoms with Crippen LogP contribution in [0.4, 0.5) is 11.4 Å². The fourth-order valence-electron chi connectivity index (χ4n) is 2.84. The van der Waals surface area contributed by atoms with Gasteiger partial charge in [0.15, 0.2) is 0 Å². The fourth-order valence-corrected chi connectivity index (χ4v) is 4.32. The second kappa shape index (κ2) is 11.9. The predicted molar refractivity (Wildman–Crippen MR) is 109 cm³/mol. The first kappa shape index (κ1) is 24.3. The van der Waals surface area contributed by atoms with E-state index in [0.29, 0.717) is 6.42 Å². The number of hydrogen-bond acceptors (Lipinski definition) is 4. The van der Waals surface area contributed by atoms with Gasteiger partial charge in [-0.15, -0.1) is 0 Å². The van der Waals surface area contributed by atoms with Crippen LogP contribution in [0.1, 0.15) is 71.6 Å². The summed E-state index contributed by atoms with van der Waals surface area (Å²) in [5.74, 6) is -1.47. The van der Waals surface area contributed by atoms with E-state index in [0.717, 1.165) is 25.3 Å². The quantitative estimate of drug-likeness (QED) is 0.141. The minimum absolute atomic E-state index is 0.0902. The van der Waals surface area contributed by atoms with Gasteiger partial charge in [-0.25, -0.2) is 0 Å². The van der Waals surface area contributed by atoms with Crippen molar-refractivity contribution in [3.05, 3.63) is 12.1 Å². The van der Waals surface area contributed by atoms with Crippen molar-refractivity contribution in [2.24, 2.45) is 0 Å². The van der Waals surface area contributed by atoms with Crippen molar-refractivity contribution in [3.63, 3.8) is 0 Å². The Balaban J connectivity index is 2.65. The van der Waals surface area contributed by atoms with Crippen LogP contribution in [0.5, 0.6) is 5.75 Å². The summed E-state index contributed by atoms with van der Waals surface area (Å²) < 4.78 is 29.9. The van der Waals surface area contributed by atoms with E-state index in [4.69, 9.17) is 0 Å². The van der Waals surface area contributed by atoms with Crippen molar-refractivity contribution < 1.29 is 26.6 Å². The molecule has 0 aromatic heterocycles. The molecule has 0 heterocycles. The number of phenols is 1. The van der Waals surface area contributed by atoms with Gasteiger partial charge in [-0.1, -0.05) is 19.8 Å². The monoisotopic (exact) mass is 458 g/mol. The van der Waals surface area contributed by atoms with Crippen LogP contribution in [0.2, 0.25) is 0 Å². The zero-order chi connectivity index (χ0) is 21.2. The van der Waals surface area contributed by atoms with Gasteiger partial charge in [0.2, 0.25) is 0 Å². The summed E-state index contributed by atoms with van der Waals surface area (Å²) in [6.45, 7) is 3.42. The van der Waals surface area contributed by atoms with E-state index in [1.54, 1.807) is 0 Å². The van der Waals surface area contributed by atoms with Gasteiger partial charge in [0.1, 0.15) is 0 Å². The molecule has 0 aliphatic heterocycles. The number of hydrogen-bond donors (Lipinski definition) is 5. The Hall–Kier alpha value is -1.76. The van der Waals surface area contributed by atoms with Crippen LogP contribution in [0.25, 0.3) is 0 Å². The van der Waals surface area contributed by atoms with Gasteiger partial charge in [0.05, 0.1) is 0 Å². The molecule has 0 spiro atoms. The molecule has 1 aromatic rings. The summed E-state index contributed by atoms with van der Waals surface area (Å²) in [5, 5.41) is 15.0. The SMILES string of the molecule is CCCCCCCCCCC(=O)Nc1cc(NC(C)=O)cc([As](=O)(O)O)c1O. The molecular formula is C19H31AsN2O6. The van der Waals surface area contributed by atoms with E-state index >= 15 is 0 Å². The zero-order valence-corrected chi connectivity index (χ0v) is 18.4. The average Bonchev–Trinajstić information content (AvgIpc) is 2.58. The average molecular weight is 458 g/mol. The molecule has 1 aromatic carbocycles. The first-order valence-corrected chi connectivity index (χ1v) is 13.0. The van der Waals surface area contributed by atoms with Crippen molar-refractivity contribution >= 4 is 41.7 Å². The van der Waals surface area contributed by atoms with E-state index in [9.17, 15) is 26.6 Å². The summed E-state index contributed by atoms with van der Waals surface area (Å²) in [7, 11) is 0. The van der Waals surface area contributed by atoms with Crippen molar-refractivity contribution in [2.45, 2.75) is 71.6 Å². The minimum atomic E-state index is -5.46. The van der Waals surface area contributed by atoms with Crippen LogP contribution in [-0.4, -0.2) is 39.3 Å². The Labute approximate surface area is 168 Å².